The van der Waals surface area contributed by atoms with Crippen LogP contribution in [-0.4, -0.2) is 79.0 Å². The summed E-state index contributed by atoms with van der Waals surface area (Å²) >= 11 is 0. The number of nitrogens with one attached hydrogen (secondary N) is 3. The Hall–Kier alpha value is -6.05. The topological polar surface area (TPSA) is 142 Å². The predicted octanol–water partition coefficient (Wildman–Crippen LogP) is 6.65. The van der Waals surface area contributed by atoms with E-state index in [1.54, 1.807) is 0 Å². The molecular weight excluding hydrogens is 783 g/mol. The van der Waals surface area contributed by atoms with Crippen LogP contribution in [0.15, 0.2) is 133 Å². The number of aliphatic hydroxyl groups is 1. The number of hydrogen-bond acceptors (Lipinski definition) is 9. The van der Waals surface area contributed by atoms with Gasteiger partial charge >= 0.3 is 12.0 Å². The molecule has 0 radical (unpaired) electrons. The lowest BCUT2D eigenvalue weighted by atomic mass is 9.84. The first-order chi connectivity index (χ1) is 30.2. The third-order valence-corrected chi connectivity index (χ3v) is 12.7. The average molecular weight is 838 g/mol. The van der Waals surface area contributed by atoms with Crippen LogP contribution in [0.4, 0.5) is 10.5 Å². The second kappa shape index (κ2) is 19.3. The van der Waals surface area contributed by atoms with Crippen molar-refractivity contribution in [3.8, 4) is 11.1 Å². The number of ether oxygens (including phenoxy) is 3. The summed E-state index contributed by atoms with van der Waals surface area (Å²) in [5.41, 5.74) is 6.95. The number of hydrogen-bond donors (Lipinski definition) is 4. The highest BCUT2D eigenvalue weighted by atomic mass is 16.7. The van der Waals surface area contributed by atoms with Gasteiger partial charge in [0.1, 0.15) is 11.6 Å². The molecule has 5 aromatic carbocycles. The zero-order valence-corrected chi connectivity index (χ0v) is 35.2. The number of methoxy groups -OCH3 is 1. The van der Waals surface area contributed by atoms with Crippen molar-refractivity contribution in [2.24, 2.45) is 5.92 Å². The third-order valence-electron chi connectivity index (χ3n) is 12.7. The number of esters is 1. The first-order valence-electron chi connectivity index (χ1n) is 21.4. The lowest BCUT2D eigenvalue weighted by Crippen LogP contribution is -2.57. The van der Waals surface area contributed by atoms with Crippen LogP contribution in [0.5, 0.6) is 0 Å². The summed E-state index contributed by atoms with van der Waals surface area (Å²) in [5.74, 6) is -0.411. The average Bonchev–Trinajstić information content (AvgIpc) is 3.63. The highest BCUT2D eigenvalue weighted by Crippen LogP contribution is 2.43. The summed E-state index contributed by atoms with van der Waals surface area (Å²) in [6, 6.07) is 42.3. The molecule has 5 unspecified atom stereocenters. The van der Waals surface area contributed by atoms with Crippen molar-refractivity contribution in [1.82, 2.24) is 20.9 Å². The molecular formula is C50H55N5O7. The molecule has 8 rings (SSSR count). The van der Waals surface area contributed by atoms with Crippen LogP contribution in [0.25, 0.3) is 11.1 Å². The number of para-hydroxylation sites is 1. The molecule has 62 heavy (non-hydrogen) atoms. The van der Waals surface area contributed by atoms with Gasteiger partial charge in [0, 0.05) is 49.8 Å². The molecule has 3 aliphatic rings. The fourth-order valence-electron chi connectivity index (χ4n) is 9.07. The van der Waals surface area contributed by atoms with Gasteiger partial charge in [0.2, 0.25) is 5.91 Å². The van der Waals surface area contributed by atoms with E-state index >= 15 is 0 Å². The maximum absolute atomic E-state index is 13.4. The minimum atomic E-state index is -0.838. The van der Waals surface area contributed by atoms with Gasteiger partial charge in [0.05, 0.1) is 32.6 Å². The second-order valence-electron chi connectivity index (χ2n) is 16.5. The van der Waals surface area contributed by atoms with E-state index in [9.17, 15) is 19.5 Å². The van der Waals surface area contributed by atoms with Crippen LogP contribution in [0, 0.1) is 5.92 Å². The van der Waals surface area contributed by atoms with Gasteiger partial charge < -0.3 is 45.1 Å². The van der Waals surface area contributed by atoms with Crippen molar-refractivity contribution in [1.29, 1.82) is 0 Å². The Morgan fingerprint density at radius 3 is 2.19 bits per heavy atom. The smallest absolute Gasteiger partial charge is 0.328 e. The number of likely N-dealkylation sites (tertiary alicyclic amines) is 1. The van der Waals surface area contributed by atoms with Gasteiger partial charge in [-0.1, -0.05) is 128 Å². The summed E-state index contributed by atoms with van der Waals surface area (Å²) < 4.78 is 18.6. The van der Waals surface area contributed by atoms with E-state index < -0.39 is 29.9 Å². The molecule has 3 saturated heterocycles. The Balaban J connectivity index is 0.957. The van der Waals surface area contributed by atoms with Crippen LogP contribution in [-0.2, 0) is 43.4 Å². The van der Waals surface area contributed by atoms with E-state index in [2.05, 4.69) is 44.8 Å². The van der Waals surface area contributed by atoms with Crippen molar-refractivity contribution in [2.75, 3.05) is 38.3 Å². The number of carbonyl (C=O) groups is 3. The molecule has 5 aromatic rings. The summed E-state index contributed by atoms with van der Waals surface area (Å²) in [6.07, 6.45) is 0.662. The molecule has 1 spiro atoms. The summed E-state index contributed by atoms with van der Waals surface area (Å²) in [7, 11) is 1.31. The molecule has 3 heterocycles. The number of piperidine rings is 1. The number of nitrogens with zero attached hydrogens (tertiary/aromatic N) is 2. The van der Waals surface area contributed by atoms with Gasteiger partial charge in [-0.2, -0.15) is 0 Å². The first kappa shape index (κ1) is 42.6. The fraction of sp³-hybridized carbons (Fsp3) is 0.340. The highest BCUT2D eigenvalue weighted by Gasteiger charge is 2.51. The molecule has 3 amide bonds. The molecule has 322 valence electrons. The maximum atomic E-state index is 13.4. The van der Waals surface area contributed by atoms with Crippen molar-refractivity contribution < 1.29 is 33.7 Å². The molecule has 0 aromatic heterocycles. The van der Waals surface area contributed by atoms with E-state index in [0.717, 1.165) is 57.7 Å². The number of rotatable bonds is 13. The van der Waals surface area contributed by atoms with Gasteiger partial charge in [0.15, 0.2) is 6.29 Å². The molecule has 5 atom stereocenters. The van der Waals surface area contributed by atoms with Gasteiger partial charge in [-0.25, -0.2) is 9.59 Å². The lowest BCUT2D eigenvalue weighted by Gasteiger charge is -2.46. The van der Waals surface area contributed by atoms with E-state index in [0.29, 0.717) is 32.5 Å². The van der Waals surface area contributed by atoms with Crippen molar-refractivity contribution >= 4 is 23.6 Å². The fourth-order valence-corrected chi connectivity index (χ4v) is 9.07. The Morgan fingerprint density at radius 1 is 0.839 bits per heavy atom. The summed E-state index contributed by atoms with van der Waals surface area (Å²) in [6.45, 7) is 5.09. The number of benzene rings is 5. The zero-order chi connectivity index (χ0) is 43.1. The molecule has 4 N–H and O–H groups in total. The molecule has 3 aliphatic heterocycles. The number of amides is 3. The Kier molecular flexibility index (Phi) is 13.3. The van der Waals surface area contributed by atoms with E-state index in [4.69, 9.17) is 14.2 Å². The van der Waals surface area contributed by atoms with Crippen molar-refractivity contribution in [3.63, 3.8) is 0 Å². The van der Waals surface area contributed by atoms with Gasteiger partial charge in [0.25, 0.3) is 0 Å². The Bertz CT molecular complexity index is 2280. The molecule has 3 fully saturated rings. The Labute approximate surface area is 363 Å². The SMILES string of the molecule is COC(=O)C(Cc1ccccc1)NC(=O)NCc1ccccc1-c1ccc(C2OC(CN3CCC4(CC3)C(=O)NCN4c3ccccc3)C(C)C(c3ccc(CO)cc3)O2)cc1. The standard InChI is InChI=1S/C50H55N5O7/c1-34-44(31-54-27-25-50(26-28-54)48(58)52-33-55(50)41-14-7-4-8-15-41)61-47(62-45(34)38-19-17-36(32-56)18-20-38)39-23-21-37(22-24-39)42-16-10-9-13-40(42)30-51-49(59)53-43(46(57)60-2)29-35-11-5-3-6-12-35/h3-24,34,43-45,47,56H,25-33H2,1-2H3,(H,52,58)(H2,51,53,59). The van der Waals surface area contributed by atoms with Crippen LogP contribution >= 0.6 is 0 Å². The number of anilines is 1. The predicted molar refractivity (Wildman–Crippen MR) is 237 cm³/mol. The van der Waals surface area contributed by atoms with Gasteiger partial charge in [-0.3, -0.25) is 4.79 Å². The molecule has 12 heteroatoms. The lowest BCUT2D eigenvalue weighted by molar-refractivity contribution is -0.276. The summed E-state index contributed by atoms with van der Waals surface area (Å²) in [4.78, 5) is 43.7. The number of carbonyl (C=O) groups excluding carboxylic acids is 3. The maximum Gasteiger partial charge on any atom is 0.328 e. The van der Waals surface area contributed by atoms with Crippen LogP contribution in [0.1, 0.15) is 60.0 Å². The zero-order valence-electron chi connectivity index (χ0n) is 35.2. The van der Waals surface area contributed by atoms with Gasteiger partial charge in [-0.05, 0) is 58.4 Å². The minimum Gasteiger partial charge on any atom is -0.467 e. The monoisotopic (exact) mass is 837 g/mol. The molecule has 0 saturated carbocycles. The van der Waals surface area contributed by atoms with E-state index in [-0.39, 0.29) is 37.2 Å². The normalized spacial score (nSPS) is 21.5. The molecule has 12 nitrogen and oxygen atoms in total. The highest BCUT2D eigenvalue weighted by molar-refractivity contribution is 5.93. The number of urea groups is 1. The molecule has 0 aliphatic carbocycles. The van der Waals surface area contributed by atoms with Crippen LogP contribution in [0.2, 0.25) is 0 Å². The van der Waals surface area contributed by atoms with Gasteiger partial charge in [-0.15, -0.1) is 0 Å². The first-order valence-corrected chi connectivity index (χ1v) is 21.4. The van der Waals surface area contributed by atoms with Crippen molar-refractivity contribution in [2.45, 2.75) is 69.4 Å². The molecule has 0 bridgehead atoms. The summed E-state index contributed by atoms with van der Waals surface area (Å²) in [5, 5.41) is 18.6. The van der Waals surface area contributed by atoms with E-state index in [1.807, 2.05) is 121 Å². The van der Waals surface area contributed by atoms with Crippen molar-refractivity contribution in [3.05, 3.63) is 161 Å². The minimum absolute atomic E-state index is 0.00907. The number of aliphatic hydroxyl groups excluding tert-OH is 1. The third kappa shape index (κ3) is 9.39. The Morgan fingerprint density at radius 2 is 1.50 bits per heavy atom. The quantitative estimate of drug-likeness (QED) is 0.0960. The van der Waals surface area contributed by atoms with E-state index in [1.165, 1.54) is 7.11 Å². The largest absolute Gasteiger partial charge is 0.467 e. The second-order valence-corrected chi connectivity index (χ2v) is 16.5. The van der Waals surface area contributed by atoms with Crippen LogP contribution < -0.4 is 20.9 Å². The van der Waals surface area contributed by atoms with Crippen LogP contribution in [0.3, 0.4) is 0 Å².